The Hall–Kier alpha value is -2.79. The van der Waals surface area contributed by atoms with Gasteiger partial charge in [0.1, 0.15) is 0 Å². The number of carbonyl (C=O) groups is 1. The molecule has 1 saturated carbocycles. The van der Waals surface area contributed by atoms with E-state index in [0.717, 1.165) is 30.1 Å². The molecule has 0 amide bonds. The van der Waals surface area contributed by atoms with Gasteiger partial charge in [-0.1, -0.05) is 0 Å². The smallest absolute Gasteiger partial charge is 0.435 e. The first kappa shape index (κ1) is 20.0. The van der Waals surface area contributed by atoms with Crippen LogP contribution in [0, 0.1) is 0 Å². The first-order valence-corrected chi connectivity index (χ1v) is 8.32. The fourth-order valence-corrected chi connectivity index (χ4v) is 2.80. The molecule has 0 aromatic carbocycles. The number of aromatic nitrogens is 4. The summed E-state index contributed by atoms with van der Waals surface area (Å²) in [5, 5.41) is 6.27. The molecule has 0 spiro atoms. The summed E-state index contributed by atoms with van der Waals surface area (Å²) < 4.78 is 70.3. The normalized spacial score (nSPS) is 17.4. The maximum atomic E-state index is 13.3. The number of hydrogen-bond donors (Lipinski definition) is 1. The lowest BCUT2D eigenvalue weighted by Gasteiger charge is -2.28. The van der Waals surface area contributed by atoms with E-state index in [1.807, 2.05) is 0 Å². The van der Waals surface area contributed by atoms with Gasteiger partial charge in [0.2, 0.25) is 11.9 Å². The highest BCUT2D eigenvalue weighted by atomic mass is 19.4. The lowest BCUT2D eigenvalue weighted by atomic mass is 9.92. The molecule has 152 valence electrons. The summed E-state index contributed by atoms with van der Waals surface area (Å²) in [4.78, 5) is 19.9. The number of rotatable bonds is 4. The van der Waals surface area contributed by atoms with Gasteiger partial charge < -0.3 is 10.1 Å². The van der Waals surface area contributed by atoms with Crippen LogP contribution in [0.1, 0.15) is 41.9 Å². The lowest BCUT2D eigenvalue weighted by molar-refractivity contribution is -0.141. The van der Waals surface area contributed by atoms with Crippen LogP contribution in [-0.2, 0) is 10.9 Å². The second kappa shape index (κ2) is 7.32. The summed E-state index contributed by atoms with van der Waals surface area (Å²) in [5.41, 5.74) is -1.34. The van der Waals surface area contributed by atoms with Crippen molar-refractivity contribution >= 4 is 11.9 Å². The Kier molecular flexibility index (Phi) is 5.22. The molecule has 3 rings (SSSR count). The minimum atomic E-state index is -4.64. The second-order valence-electron chi connectivity index (χ2n) is 6.34. The topological polar surface area (TPSA) is 81.9 Å². The Morgan fingerprint density at radius 2 is 1.96 bits per heavy atom. The minimum Gasteiger partial charge on any atom is -0.464 e. The highest BCUT2D eigenvalue weighted by Gasteiger charge is 2.35. The molecule has 1 N–H and O–H groups in total. The van der Waals surface area contributed by atoms with Crippen molar-refractivity contribution in [1.29, 1.82) is 0 Å². The van der Waals surface area contributed by atoms with Gasteiger partial charge >= 0.3 is 12.1 Å². The number of ether oxygens (including phenoxy) is 1. The van der Waals surface area contributed by atoms with Crippen molar-refractivity contribution in [1.82, 2.24) is 19.7 Å². The number of alkyl halides is 5. The molecule has 0 bridgehead atoms. The van der Waals surface area contributed by atoms with Crippen molar-refractivity contribution < 1.29 is 31.5 Å². The fourth-order valence-electron chi connectivity index (χ4n) is 2.80. The molecule has 1 fully saturated rings. The van der Waals surface area contributed by atoms with Gasteiger partial charge in [0.25, 0.3) is 0 Å². The van der Waals surface area contributed by atoms with Crippen molar-refractivity contribution in [3.63, 3.8) is 0 Å². The Bertz CT molecular complexity index is 857. The van der Waals surface area contributed by atoms with Crippen LogP contribution in [0.2, 0.25) is 0 Å². The van der Waals surface area contributed by atoms with Crippen LogP contribution in [-0.4, -0.2) is 44.8 Å². The van der Waals surface area contributed by atoms with E-state index in [0.29, 0.717) is 0 Å². The molecule has 1 aliphatic rings. The summed E-state index contributed by atoms with van der Waals surface area (Å²) in [6.07, 6.45) is -3.89. The maximum Gasteiger partial charge on any atom is 0.435 e. The third-order valence-corrected chi connectivity index (χ3v) is 4.27. The van der Waals surface area contributed by atoms with Crippen LogP contribution < -0.4 is 5.32 Å². The van der Waals surface area contributed by atoms with E-state index >= 15 is 0 Å². The van der Waals surface area contributed by atoms with E-state index in [4.69, 9.17) is 0 Å². The van der Waals surface area contributed by atoms with Crippen molar-refractivity contribution in [2.75, 3.05) is 12.4 Å². The van der Waals surface area contributed by atoms with Gasteiger partial charge in [-0.2, -0.15) is 23.3 Å². The predicted molar refractivity (Wildman–Crippen MR) is 86.3 cm³/mol. The van der Waals surface area contributed by atoms with Crippen LogP contribution in [0.15, 0.2) is 18.3 Å². The number of methoxy groups -OCH3 is 1. The van der Waals surface area contributed by atoms with Gasteiger partial charge in [0, 0.05) is 31.1 Å². The van der Waals surface area contributed by atoms with Gasteiger partial charge in [0.15, 0.2) is 17.2 Å². The molecule has 1 aliphatic carbocycles. The van der Waals surface area contributed by atoms with Gasteiger partial charge in [-0.3, -0.25) is 0 Å². The molecular formula is C16H16F5N5O2. The van der Waals surface area contributed by atoms with E-state index in [1.165, 1.54) is 0 Å². The van der Waals surface area contributed by atoms with E-state index in [1.54, 1.807) is 0 Å². The number of nitrogens with zero attached hydrogens (tertiary/aromatic N) is 4. The quantitative estimate of drug-likeness (QED) is 0.620. The molecule has 0 unspecified atom stereocenters. The summed E-state index contributed by atoms with van der Waals surface area (Å²) in [7, 11) is 1.12. The highest BCUT2D eigenvalue weighted by molar-refractivity contribution is 5.87. The Morgan fingerprint density at radius 3 is 2.54 bits per heavy atom. The molecule has 0 aliphatic heterocycles. The average Bonchev–Trinajstić information content (AvgIpc) is 3.13. The molecule has 7 nitrogen and oxygen atoms in total. The van der Waals surface area contributed by atoms with Gasteiger partial charge in [0.05, 0.1) is 7.11 Å². The van der Waals surface area contributed by atoms with Crippen molar-refractivity contribution in [3.05, 3.63) is 29.7 Å². The number of halogens is 5. The van der Waals surface area contributed by atoms with Crippen LogP contribution in [0.5, 0.6) is 0 Å². The maximum absolute atomic E-state index is 13.3. The summed E-state index contributed by atoms with van der Waals surface area (Å²) in [5.74, 6) is -3.74. The van der Waals surface area contributed by atoms with Gasteiger partial charge in [-0.15, -0.1) is 0 Å². The van der Waals surface area contributed by atoms with Crippen LogP contribution in [0.4, 0.5) is 27.9 Å². The zero-order chi connectivity index (χ0) is 20.5. The Morgan fingerprint density at radius 1 is 1.29 bits per heavy atom. The minimum absolute atomic E-state index is 0.0859. The third-order valence-electron chi connectivity index (χ3n) is 4.27. The zero-order valence-electron chi connectivity index (χ0n) is 14.6. The van der Waals surface area contributed by atoms with Crippen molar-refractivity contribution in [2.45, 2.75) is 43.8 Å². The monoisotopic (exact) mass is 405 g/mol. The molecule has 0 radical (unpaired) electrons. The second-order valence-corrected chi connectivity index (χ2v) is 6.34. The highest BCUT2D eigenvalue weighted by Crippen LogP contribution is 2.34. The summed E-state index contributed by atoms with van der Waals surface area (Å²) >= 11 is 0. The van der Waals surface area contributed by atoms with Crippen LogP contribution in [0.3, 0.4) is 0 Å². The third kappa shape index (κ3) is 4.54. The molecule has 2 aromatic heterocycles. The van der Waals surface area contributed by atoms with Gasteiger partial charge in [-0.25, -0.2) is 23.2 Å². The first-order chi connectivity index (χ1) is 13.1. The predicted octanol–water partition coefficient (Wildman–Crippen LogP) is 3.46. The summed E-state index contributed by atoms with van der Waals surface area (Å²) in [6, 6.07) is 1.53. The van der Waals surface area contributed by atoms with Crippen LogP contribution >= 0.6 is 0 Å². The molecule has 2 heterocycles. The molecule has 2 aromatic rings. The molecule has 0 saturated heterocycles. The number of hydrogen-bond acceptors (Lipinski definition) is 6. The van der Waals surface area contributed by atoms with Gasteiger partial charge in [-0.05, 0) is 18.9 Å². The van der Waals surface area contributed by atoms with Crippen molar-refractivity contribution in [3.8, 4) is 5.82 Å². The molecular weight excluding hydrogens is 389 g/mol. The molecule has 28 heavy (non-hydrogen) atoms. The Labute approximate surface area is 155 Å². The number of carbonyl (C=O) groups excluding carboxylic acids is 1. The lowest BCUT2D eigenvalue weighted by Crippen LogP contribution is -2.32. The standard InChI is InChI=1S/C16H16F5N5O2/c1-28-13(27)10-8-12(26-7-4-11(25-26)16(19,20)21)24-14(23-10)22-9-2-5-15(17,18)6-3-9/h4,7-9H,2-3,5-6H2,1H3,(H,22,23,24). The van der Waals surface area contributed by atoms with E-state index < -0.39 is 23.8 Å². The molecule has 0 atom stereocenters. The fraction of sp³-hybridized carbons (Fsp3) is 0.500. The molecule has 12 heteroatoms. The van der Waals surface area contributed by atoms with Crippen LogP contribution in [0.25, 0.3) is 5.82 Å². The summed E-state index contributed by atoms with van der Waals surface area (Å²) in [6.45, 7) is 0. The van der Waals surface area contributed by atoms with E-state index in [-0.39, 0.29) is 49.2 Å². The number of esters is 1. The SMILES string of the molecule is COC(=O)c1cc(-n2ccc(C(F)(F)F)n2)nc(NC2CCC(F)(F)CC2)n1. The zero-order valence-corrected chi connectivity index (χ0v) is 14.6. The average molecular weight is 405 g/mol. The Balaban J connectivity index is 1.89. The van der Waals surface area contributed by atoms with Crippen molar-refractivity contribution in [2.24, 2.45) is 0 Å². The van der Waals surface area contributed by atoms with E-state index in [9.17, 15) is 26.7 Å². The first-order valence-electron chi connectivity index (χ1n) is 8.32. The number of nitrogens with one attached hydrogen (secondary N) is 1. The largest absolute Gasteiger partial charge is 0.464 e. The van der Waals surface area contributed by atoms with E-state index in [2.05, 4.69) is 25.1 Å². The number of anilines is 1.